The van der Waals surface area contributed by atoms with Crippen LogP contribution in [0.2, 0.25) is 0 Å². The molecular weight excluding hydrogens is 246 g/mol. The molecule has 0 radical (unpaired) electrons. The van der Waals surface area contributed by atoms with Gasteiger partial charge in [-0.2, -0.15) is 0 Å². The summed E-state index contributed by atoms with van der Waals surface area (Å²) in [5.41, 5.74) is -1.74. The van der Waals surface area contributed by atoms with Crippen molar-refractivity contribution in [1.29, 1.82) is 0 Å². The van der Waals surface area contributed by atoms with E-state index in [9.17, 15) is 14.7 Å². The standard InChI is InChI=1S/C14H23NO4/c1-13(2,3)19-12(18)15-14(11(16)17)8-9-4-6-10(14)7-5-9/h9-10H,4-8H2,1-3H3,(H,15,18)(H,16,17). The number of rotatable bonds is 2. The molecule has 3 aliphatic carbocycles. The molecule has 3 saturated carbocycles. The molecule has 108 valence electrons. The molecule has 0 saturated heterocycles. The first-order valence-corrected chi connectivity index (χ1v) is 6.97. The van der Waals surface area contributed by atoms with Crippen LogP contribution in [0, 0.1) is 11.8 Å². The molecule has 5 nitrogen and oxygen atoms in total. The minimum Gasteiger partial charge on any atom is -0.479 e. The summed E-state index contributed by atoms with van der Waals surface area (Å²) in [6.07, 6.45) is 3.83. The molecule has 0 aromatic rings. The average Bonchev–Trinajstić information content (AvgIpc) is 2.27. The maximum absolute atomic E-state index is 11.9. The van der Waals surface area contributed by atoms with Gasteiger partial charge in [0.05, 0.1) is 0 Å². The monoisotopic (exact) mass is 269 g/mol. The summed E-state index contributed by atoms with van der Waals surface area (Å²) in [4.78, 5) is 23.6. The maximum atomic E-state index is 11.9. The summed E-state index contributed by atoms with van der Waals surface area (Å²) in [7, 11) is 0. The molecule has 2 N–H and O–H groups in total. The fraction of sp³-hybridized carbons (Fsp3) is 0.857. The van der Waals surface area contributed by atoms with Gasteiger partial charge in [0.15, 0.2) is 0 Å². The van der Waals surface area contributed by atoms with Crippen LogP contribution in [0.4, 0.5) is 4.79 Å². The largest absolute Gasteiger partial charge is 0.479 e. The van der Waals surface area contributed by atoms with E-state index in [-0.39, 0.29) is 5.92 Å². The lowest BCUT2D eigenvalue weighted by Gasteiger charge is -2.49. The van der Waals surface area contributed by atoms with Gasteiger partial charge in [-0.15, -0.1) is 0 Å². The molecule has 0 spiro atoms. The quantitative estimate of drug-likeness (QED) is 0.807. The van der Waals surface area contributed by atoms with Crippen LogP contribution in [-0.4, -0.2) is 28.3 Å². The second-order valence-corrected chi connectivity index (χ2v) is 6.83. The topological polar surface area (TPSA) is 75.6 Å². The van der Waals surface area contributed by atoms with Gasteiger partial charge in [-0.1, -0.05) is 0 Å². The molecule has 3 rings (SSSR count). The number of nitrogens with one attached hydrogen (secondary N) is 1. The van der Waals surface area contributed by atoms with Crippen LogP contribution in [0.15, 0.2) is 0 Å². The number of alkyl carbamates (subject to hydrolysis) is 1. The Morgan fingerprint density at radius 1 is 1.21 bits per heavy atom. The first-order chi connectivity index (χ1) is 8.73. The summed E-state index contributed by atoms with van der Waals surface area (Å²) in [6.45, 7) is 5.31. The fourth-order valence-electron chi connectivity index (χ4n) is 3.44. The van der Waals surface area contributed by atoms with Gasteiger partial charge in [-0.25, -0.2) is 9.59 Å². The second-order valence-electron chi connectivity index (χ2n) is 6.83. The number of carboxylic acid groups (broad SMARTS) is 1. The lowest BCUT2D eigenvalue weighted by molar-refractivity contribution is -0.152. The highest BCUT2D eigenvalue weighted by Crippen LogP contribution is 2.47. The van der Waals surface area contributed by atoms with Crippen molar-refractivity contribution in [2.75, 3.05) is 0 Å². The van der Waals surface area contributed by atoms with E-state index < -0.39 is 23.2 Å². The van der Waals surface area contributed by atoms with E-state index in [1.54, 1.807) is 20.8 Å². The van der Waals surface area contributed by atoms with Crippen molar-refractivity contribution < 1.29 is 19.4 Å². The van der Waals surface area contributed by atoms with E-state index >= 15 is 0 Å². The van der Waals surface area contributed by atoms with Crippen LogP contribution in [0.3, 0.4) is 0 Å². The van der Waals surface area contributed by atoms with Gasteiger partial charge in [-0.05, 0) is 64.7 Å². The van der Waals surface area contributed by atoms with Gasteiger partial charge >= 0.3 is 12.1 Å². The van der Waals surface area contributed by atoms with Crippen molar-refractivity contribution in [2.24, 2.45) is 11.8 Å². The molecule has 0 aromatic carbocycles. The summed E-state index contributed by atoms with van der Waals surface area (Å²) in [5.74, 6) is -0.480. The van der Waals surface area contributed by atoms with Gasteiger partial charge in [0.2, 0.25) is 0 Å². The Balaban J connectivity index is 2.13. The van der Waals surface area contributed by atoms with Crippen molar-refractivity contribution >= 4 is 12.1 Å². The maximum Gasteiger partial charge on any atom is 0.408 e. The van der Waals surface area contributed by atoms with E-state index in [4.69, 9.17) is 4.74 Å². The lowest BCUT2D eigenvalue weighted by Crippen LogP contribution is -2.64. The molecular formula is C14H23NO4. The highest BCUT2D eigenvalue weighted by Gasteiger charge is 2.54. The third-order valence-corrected chi connectivity index (χ3v) is 4.26. The molecule has 0 aromatic heterocycles. The van der Waals surface area contributed by atoms with Gasteiger partial charge in [-0.3, -0.25) is 0 Å². The predicted octanol–water partition coefficient (Wildman–Crippen LogP) is 2.54. The molecule has 19 heavy (non-hydrogen) atoms. The summed E-state index contributed by atoms with van der Waals surface area (Å²) < 4.78 is 5.21. The highest BCUT2D eigenvalue weighted by molar-refractivity contribution is 5.85. The molecule has 2 bridgehead atoms. The lowest BCUT2D eigenvalue weighted by atomic mass is 9.60. The first-order valence-electron chi connectivity index (χ1n) is 6.97. The van der Waals surface area contributed by atoms with Crippen LogP contribution in [0.1, 0.15) is 52.9 Å². The Labute approximate surface area is 113 Å². The number of amides is 1. The van der Waals surface area contributed by atoms with Crippen LogP contribution < -0.4 is 5.32 Å². The second kappa shape index (κ2) is 4.69. The molecule has 3 fully saturated rings. The molecule has 3 aliphatic rings. The van der Waals surface area contributed by atoms with Gasteiger partial charge < -0.3 is 15.2 Å². The van der Waals surface area contributed by atoms with Crippen molar-refractivity contribution in [3.8, 4) is 0 Å². The van der Waals surface area contributed by atoms with Gasteiger partial charge in [0.1, 0.15) is 11.1 Å². The van der Waals surface area contributed by atoms with Crippen molar-refractivity contribution in [2.45, 2.75) is 64.0 Å². The Morgan fingerprint density at radius 3 is 2.16 bits per heavy atom. The van der Waals surface area contributed by atoms with E-state index in [0.717, 1.165) is 25.7 Å². The third-order valence-electron chi connectivity index (χ3n) is 4.26. The average molecular weight is 269 g/mol. The number of hydrogen-bond acceptors (Lipinski definition) is 3. The van der Waals surface area contributed by atoms with Crippen LogP contribution in [0.25, 0.3) is 0 Å². The number of carboxylic acids is 1. The van der Waals surface area contributed by atoms with Crippen molar-refractivity contribution in [3.63, 3.8) is 0 Å². The Morgan fingerprint density at radius 2 is 1.79 bits per heavy atom. The van der Waals surface area contributed by atoms with Crippen LogP contribution >= 0.6 is 0 Å². The number of hydrogen-bond donors (Lipinski definition) is 2. The van der Waals surface area contributed by atoms with E-state index in [0.29, 0.717) is 12.3 Å². The molecule has 0 heterocycles. The van der Waals surface area contributed by atoms with Crippen molar-refractivity contribution in [1.82, 2.24) is 5.32 Å². The molecule has 0 aliphatic heterocycles. The zero-order valence-corrected chi connectivity index (χ0v) is 11.9. The number of carbonyl (C=O) groups excluding carboxylic acids is 1. The van der Waals surface area contributed by atoms with E-state index in [1.807, 2.05) is 0 Å². The first kappa shape index (κ1) is 14.2. The number of fused-ring (bicyclic) bond motifs is 3. The summed E-state index contributed by atoms with van der Waals surface area (Å²) in [6, 6.07) is 0. The fourth-order valence-corrected chi connectivity index (χ4v) is 3.44. The Kier molecular flexibility index (Phi) is 3.49. The van der Waals surface area contributed by atoms with Gasteiger partial charge in [0.25, 0.3) is 0 Å². The minimum atomic E-state index is -1.12. The zero-order chi connectivity index (χ0) is 14.3. The van der Waals surface area contributed by atoms with E-state index in [1.165, 1.54) is 0 Å². The van der Waals surface area contributed by atoms with Crippen LogP contribution in [-0.2, 0) is 9.53 Å². The van der Waals surface area contributed by atoms with E-state index in [2.05, 4.69) is 5.32 Å². The Hall–Kier alpha value is -1.26. The van der Waals surface area contributed by atoms with Gasteiger partial charge in [0, 0.05) is 0 Å². The molecule has 5 heteroatoms. The molecule has 1 atom stereocenters. The summed E-state index contributed by atoms with van der Waals surface area (Å²) >= 11 is 0. The number of carbonyl (C=O) groups is 2. The summed E-state index contributed by atoms with van der Waals surface area (Å²) in [5, 5.41) is 12.2. The van der Waals surface area contributed by atoms with Crippen molar-refractivity contribution in [3.05, 3.63) is 0 Å². The number of aliphatic carboxylic acids is 1. The third kappa shape index (κ3) is 2.85. The molecule has 1 amide bonds. The van der Waals surface area contributed by atoms with Crippen LogP contribution in [0.5, 0.6) is 0 Å². The highest BCUT2D eigenvalue weighted by atomic mass is 16.6. The molecule has 1 unspecified atom stereocenters. The minimum absolute atomic E-state index is 0.0301. The zero-order valence-electron chi connectivity index (χ0n) is 11.9. The SMILES string of the molecule is CC(C)(C)OC(=O)NC1(C(=O)O)CC2CCC1CC2. The normalized spacial score (nSPS) is 33.8. The smallest absolute Gasteiger partial charge is 0.408 e. The number of ether oxygens (including phenoxy) is 1. The predicted molar refractivity (Wildman–Crippen MR) is 69.8 cm³/mol. The Bertz CT molecular complexity index is 379.